The Balaban J connectivity index is 2.62. The van der Waals surface area contributed by atoms with Crippen LogP contribution in [0.25, 0.3) is 10.9 Å². The lowest BCUT2D eigenvalue weighted by Crippen LogP contribution is -2.18. The number of hydrogen-bond acceptors (Lipinski definition) is 2. The number of rotatable bonds is 4. The van der Waals surface area contributed by atoms with Crippen LogP contribution in [0, 0.1) is 17.4 Å². The van der Waals surface area contributed by atoms with Crippen LogP contribution in [0.1, 0.15) is 11.3 Å². The van der Waals surface area contributed by atoms with Gasteiger partial charge in [0.1, 0.15) is 8.07 Å². The molecule has 3 nitrogen and oxygen atoms in total. The van der Waals surface area contributed by atoms with Gasteiger partial charge in [0.2, 0.25) is 0 Å². The van der Waals surface area contributed by atoms with Crippen LogP contribution in [0.15, 0.2) is 36.9 Å². The second-order valence-electron chi connectivity index (χ2n) is 6.97. The van der Waals surface area contributed by atoms with Crippen molar-refractivity contribution in [2.75, 3.05) is 7.11 Å². The lowest BCUT2D eigenvalue weighted by atomic mass is 10.0. The number of methoxy groups -OCH3 is 1. The zero-order valence-corrected chi connectivity index (χ0v) is 16.1. The largest absolute Gasteiger partial charge is 0.469 e. The zero-order chi connectivity index (χ0) is 17.9. The van der Waals surface area contributed by atoms with E-state index in [1.807, 2.05) is 19.2 Å². The van der Waals surface area contributed by atoms with E-state index in [1.54, 1.807) is 6.08 Å². The summed E-state index contributed by atoms with van der Waals surface area (Å²) in [5, 5.41) is 1.13. The molecule has 24 heavy (non-hydrogen) atoms. The number of ether oxygens (including phenoxy) is 1. The monoisotopic (exact) mass is 339 g/mol. The topological polar surface area (TPSA) is 31.2 Å². The van der Waals surface area contributed by atoms with Gasteiger partial charge in [-0.2, -0.15) is 0 Å². The van der Waals surface area contributed by atoms with Gasteiger partial charge in [-0.3, -0.25) is 4.79 Å². The zero-order valence-electron chi connectivity index (χ0n) is 15.1. The van der Waals surface area contributed by atoms with Gasteiger partial charge in [0.05, 0.1) is 18.6 Å². The third-order valence-corrected chi connectivity index (χ3v) is 4.87. The summed E-state index contributed by atoms with van der Waals surface area (Å²) in [5.74, 6) is 2.77. The van der Waals surface area contributed by atoms with Crippen LogP contribution in [0.4, 0.5) is 0 Å². The minimum Gasteiger partial charge on any atom is -0.469 e. The first-order valence-corrected chi connectivity index (χ1v) is 11.6. The Hall–Kier alpha value is -2.25. The number of aryl methyl sites for hydroxylation is 1. The molecule has 1 aromatic heterocycles. The second kappa shape index (κ2) is 7.10. The van der Waals surface area contributed by atoms with Gasteiger partial charge in [0.15, 0.2) is 0 Å². The lowest BCUT2D eigenvalue weighted by molar-refractivity contribution is -0.143. The molecule has 0 fully saturated rings. The Morgan fingerprint density at radius 1 is 1.38 bits per heavy atom. The van der Waals surface area contributed by atoms with Crippen molar-refractivity contribution in [2.24, 2.45) is 13.0 Å². The van der Waals surface area contributed by atoms with Gasteiger partial charge < -0.3 is 9.30 Å². The fourth-order valence-corrected chi connectivity index (χ4v) is 3.20. The summed E-state index contributed by atoms with van der Waals surface area (Å²) in [6, 6.07) is 8.22. The lowest BCUT2D eigenvalue weighted by Gasteiger charge is -2.12. The Bertz CT molecular complexity index is 831. The fourth-order valence-electron chi connectivity index (χ4n) is 2.70. The van der Waals surface area contributed by atoms with E-state index < -0.39 is 8.07 Å². The standard InChI is InChI=1S/C20H25NO2Si/c1-7-15(20(22)23-3)14-19-17(12-13-24(4,5)6)16-10-8-9-11-18(16)21(19)2/h7-11,15H,1,14H2,2-6H3. The van der Waals surface area contributed by atoms with Crippen LogP contribution in [0.5, 0.6) is 0 Å². The summed E-state index contributed by atoms with van der Waals surface area (Å²) >= 11 is 0. The highest BCUT2D eigenvalue weighted by Crippen LogP contribution is 2.27. The van der Waals surface area contributed by atoms with Gasteiger partial charge in [-0.1, -0.05) is 49.8 Å². The van der Waals surface area contributed by atoms with Crippen molar-refractivity contribution in [3.63, 3.8) is 0 Å². The van der Waals surface area contributed by atoms with Gasteiger partial charge in [-0.05, 0) is 6.07 Å². The van der Waals surface area contributed by atoms with Crippen LogP contribution in [0.2, 0.25) is 19.6 Å². The summed E-state index contributed by atoms with van der Waals surface area (Å²) in [4.78, 5) is 12.0. The normalized spacial score (nSPS) is 12.4. The van der Waals surface area contributed by atoms with E-state index in [-0.39, 0.29) is 11.9 Å². The molecule has 2 rings (SSSR count). The molecule has 0 saturated heterocycles. The van der Waals surface area contributed by atoms with Crippen molar-refractivity contribution < 1.29 is 9.53 Å². The number of carbonyl (C=O) groups excluding carboxylic acids is 1. The number of esters is 1. The van der Waals surface area contributed by atoms with Crippen molar-refractivity contribution >= 4 is 24.9 Å². The third kappa shape index (κ3) is 3.80. The molecular formula is C20H25NO2Si. The highest BCUT2D eigenvalue weighted by Gasteiger charge is 2.22. The fraction of sp³-hybridized carbons (Fsp3) is 0.350. The predicted octanol–water partition coefficient (Wildman–Crippen LogP) is 3.92. The molecule has 4 heteroatoms. The van der Waals surface area contributed by atoms with Gasteiger partial charge in [-0.15, -0.1) is 12.1 Å². The molecule has 0 aliphatic carbocycles. The number of para-hydroxylation sites is 1. The number of fused-ring (bicyclic) bond motifs is 1. The third-order valence-electron chi connectivity index (χ3n) is 3.99. The van der Waals surface area contributed by atoms with Crippen LogP contribution >= 0.6 is 0 Å². The maximum absolute atomic E-state index is 12.0. The van der Waals surface area contributed by atoms with Crippen molar-refractivity contribution in [3.8, 4) is 11.5 Å². The minimum atomic E-state index is -1.50. The second-order valence-corrected chi connectivity index (χ2v) is 11.7. The molecule has 0 aliphatic heterocycles. The van der Waals surface area contributed by atoms with E-state index in [9.17, 15) is 4.79 Å². The average molecular weight is 340 g/mol. The molecule has 126 valence electrons. The van der Waals surface area contributed by atoms with Crippen LogP contribution in [-0.4, -0.2) is 25.7 Å². The Labute approximate surface area is 145 Å². The number of benzene rings is 1. The SMILES string of the molecule is C=CC(Cc1c(C#C[Si](C)(C)C)c2ccccc2n1C)C(=O)OC. The Kier molecular flexibility index (Phi) is 5.35. The molecule has 0 aliphatic rings. The molecule has 2 aromatic rings. The van der Waals surface area contributed by atoms with Crippen LogP contribution < -0.4 is 0 Å². The summed E-state index contributed by atoms with van der Waals surface area (Å²) in [7, 11) is 1.93. The number of aromatic nitrogens is 1. The first-order valence-electron chi connectivity index (χ1n) is 8.08. The van der Waals surface area contributed by atoms with Crippen molar-refractivity contribution in [2.45, 2.75) is 26.1 Å². The molecule has 1 atom stereocenters. The Morgan fingerprint density at radius 3 is 2.62 bits per heavy atom. The van der Waals surface area contributed by atoms with E-state index in [2.05, 4.69) is 54.4 Å². The first-order chi connectivity index (χ1) is 11.3. The van der Waals surface area contributed by atoms with Gasteiger partial charge in [0, 0.05) is 30.1 Å². The highest BCUT2D eigenvalue weighted by molar-refractivity contribution is 6.83. The summed E-state index contributed by atoms with van der Waals surface area (Å²) in [5.41, 5.74) is 6.65. The van der Waals surface area contributed by atoms with E-state index in [4.69, 9.17) is 4.74 Å². The minimum absolute atomic E-state index is 0.264. The van der Waals surface area contributed by atoms with Gasteiger partial charge in [-0.25, -0.2) is 0 Å². The van der Waals surface area contributed by atoms with E-state index in [0.29, 0.717) is 6.42 Å². The molecule has 1 unspecified atom stereocenters. The van der Waals surface area contributed by atoms with Gasteiger partial charge in [0.25, 0.3) is 0 Å². The molecule has 0 radical (unpaired) electrons. The smallest absolute Gasteiger partial charge is 0.312 e. The van der Waals surface area contributed by atoms with Crippen molar-refractivity contribution in [3.05, 3.63) is 48.2 Å². The quantitative estimate of drug-likeness (QED) is 0.366. The summed E-state index contributed by atoms with van der Waals surface area (Å²) < 4.78 is 7.02. The maximum atomic E-state index is 12.0. The van der Waals surface area contributed by atoms with Crippen molar-refractivity contribution in [1.82, 2.24) is 4.57 Å². The Morgan fingerprint density at radius 2 is 2.04 bits per heavy atom. The summed E-state index contributed by atoms with van der Waals surface area (Å²) in [6.45, 7) is 10.5. The van der Waals surface area contributed by atoms with Crippen LogP contribution in [0.3, 0.4) is 0 Å². The van der Waals surface area contributed by atoms with E-state index in [0.717, 1.165) is 22.2 Å². The van der Waals surface area contributed by atoms with Crippen LogP contribution in [-0.2, 0) is 23.0 Å². The molecule has 0 amide bonds. The molecule has 0 spiro atoms. The number of nitrogens with zero attached hydrogens (tertiary/aromatic N) is 1. The maximum Gasteiger partial charge on any atom is 0.312 e. The van der Waals surface area contributed by atoms with Crippen molar-refractivity contribution in [1.29, 1.82) is 0 Å². The first kappa shape index (κ1) is 18.1. The highest BCUT2D eigenvalue weighted by atomic mass is 28.3. The van der Waals surface area contributed by atoms with E-state index in [1.165, 1.54) is 7.11 Å². The molecule has 1 aromatic carbocycles. The summed E-state index contributed by atoms with van der Waals surface area (Å²) in [6.07, 6.45) is 2.19. The molecule has 0 saturated carbocycles. The van der Waals surface area contributed by atoms with E-state index >= 15 is 0 Å². The molecule has 0 bridgehead atoms. The molecule has 1 heterocycles. The molecular weight excluding hydrogens is 314 g/mol. The number of carbonyl (C=O) groups is 1. The molecule has 0 N–H and O–H groups in total. The predicted molar refractivity (Wildman–Crippen MR) is 103 cm³/mol. The number of hydrogen-bond donors (Lipinski definition) is 0. The van der Waals surface area contributed by atoms with Gasteiger partial charge >= 0.3 is 5.97 Å². The average Bonchev–Trinajstić information content (AvgIpc) is 2.81.